The summed E-state index contributed by atoms with van der Waals surface area (Å²) in [6.07, 6.45) is 1.48. The molecule has 4 aromatic rings. The molecule has 55 heavy (non-hydrogen) atoms. The Morgan fingerprint density at radius 2 is 1.56 bits per heavy atom. The van der Waals surface area contributed by atoms with E-state index in [1.54, 1.807) is 94.1 Å². The topological polar surface area (TPSA) is 138 Å². The van der Waals surface area contributed by atoms with Crippen molar-refractivity contribution >= 4 is 46.3 Å². The second-order valence-electron chi connectivity index (χ2n) is 15.6. The summed E-state index contributed by atoms with van der Waals surface area (Å²) in [4.78, 5) is 72.4. The van der Waals surface area contributed by atoms with E-state index in [9.17, 15) is 24.0 Å². The molecule has 0 bridgehead atoms. The number of esters is 1. The third-order valence-corrected chi connectivity index (χ3v) is 9.95. The fraction of sp³-hybridized carbons (Fsp3) is 0.419. The van der Waals surface area contributed by atoms with Gasteiger partial charge in [-0.3, -0.25) is 24.1 Å². The molecular formula is C43H49FN4O7. The van der Waals surface area contributed by atoms with E-state index in [0.29, 0.717) is 72.1 Å². The highest BCUT2D eigenvalue weighted by Gasteiger charge is 2.39. The van der Waals surface area contributed by atoms with Gasteiger partial charge in [0.15, 0.2) is 11.6 Å². The summed E-state index contributed by atoms with van der Waals surface area (Å²) >= 11 is 0. The van der Waals surface area contributed by atoms with Gasteiger partial charge in [0.1, 0.15) is 11.6 Å². The predicted octanol–water partition coefficient (Wildman–Crippen LogP) is 7.54. The number of hydrogen-bond acceptors (Lipinski definition) is 7. The molecule has 3 atom stereocenters. The number of carbonyl (C=O) groups excluding carboxylic acids is 5. The minimum Gasteiger partial charge on any atom is -0.463 e. The zero-order valence-electron chi connectivity index (χ0n) is 32.0. The average Bonchev–Trinajstić information content (AvgIpc) is 3.90. The van der Waals surface area contributed by atoms with Crippen LogP contribution in [-0.4, -0.2) is 81.3 Å². The predicted molar refractivity (Wildman–Crippen MR) is 207 cm³/mol. The van der Waals surface area contributed by atoms with E-state index in [0.717, 1.165) is 0 Å². The van der Waals surface area contributed by atoms with Gasteiger partial charge in [-0.05, 0) is 95.7 Å². The molecule has 6 rings (SSSR count). The van der Waals surface area contributed by atoms with Crippen LogP contribution in [-0.2, 0) is 35.1 Å². The zero-order valence-corrected chi connectivity index (χ0v) is 32.0. The number of amides is 3. The molecule has 0 aliphatic carbocycles. The number of aromatic nitrogens is 1. The molecule has 0 unspecified atom stereocenters. The van der Waals surface area contributed by atoms with Gasteiger partial charge in [-0.1, -0.05) is 48.5 Å². The Balaban J connectivity index is 1.11. The number of benzene rings is 3. The number of aromatic amines is 1. The van der Waals surface area contributed by atoms with Gasteiger partial charge in [0.05, 0.1) is 30.2 Å². The molecule has 2 N–H and O–H groups in total. The first-order chi connectivity index (χ1) is 26.2. The number of anilines is 1. The van der Waals surface area contributed by atoms with Crippen LogP contribution in [0.3, 0.4) is 0 Å². The van der Waals surface area contributed by atoms with Crippen LogP contribution in [0.4, 0.5) is 14.9 Å². The number of nitrogens with zero attached hydrogens (tertiary/aromatic N) is 2. The number of likely N-dealkylation sites (tertiary alicyclic amines) is 2. The Bertz CT molecular complexity index is 2050. The Hall–Kier alpha value is -5.52. The number of Topliss-reactive ketones (excluding diaryl/α,β-unsaturated/α-hetero) is 1. The molecule has 3 heterocycles. The van der Waals surface area contributed by atoms with E-state index in [1.165, 1.54) is 4.90 Å². The lowest BCUT2D eigenvalue weighted by Crippen LogP contribution is -2.45. The van der Waals surface area contributed by atoms with Crippen molar-refractivity contribution in [2.75, 3.05) is 18.4 Å². The van der Waals surface area contributed by atoms with Crippen molar-refractivity contribution in [1.82, 2.24) is 14.8 Å². The number of hydrogen-bond donors (Lipinski definition) is 2. The fourth-order valence-electron chi connectivity index (χ4n) is 7.43. The first kappa shape index (κ1) is 39.2. The molecule has 0 spiro atoms. The first-order valence-electron chi connectivity index (χ1n) is 19.0. The molecule has 0 saturated carbocycles. The van der Waals surface area contributed by atoms with Crippen molar-refractivity contribution in [3.63, 3.8) is 0 Å². The second-order valence-corrected chi connectivity index (χ2v) is 15.6. The van der Waals surface area contributed by atoms with Gasteiger partial charge in [-0.2, -0.15) is 0 Å². The monoisotopic (exact) mass is 752 g/mol. The number of carbonyl (C=O) groups is 5. The number of H-pyrrole nitrogens is 1. The van der Waals surface area contributed by atoms with Crippen LogP contribution in [0.5, 0.6) is 0 Å². The summed E-state index contributed by atoms with van der Waals surface area (Å²) in [5.41, 5.74) is 2.52. The smallest absolute Gasteiger partial charge is 0.410 e. The lowest BCUT2D eigenvalue weighted by molar-refractivity contribution is -0.150. The average molecular weight is 753 g/mol. The molecule has 3 amide bonds. The summed E-state index contributed by atoms with van der Waals surface area (Å²) < 4.78 is 26.8. The quantitative estimate of drug-likeness (QED) is 0.151. The van der Waals surface area contributed by atoms with Crippen LogP contribution in [0, 0.1) is 5.82 Å². The molecule has 12 heteroatoms. The highest BCUT2D eigenvalue weighted by molar-refractivity contribution is 5.99. The molecule has 3 aromatic carbocycles. The molecule has 0 radical (unpaired) electrons. The van der Waals surface area contributed by atoms with Gasteiger partial charge < -0.3 is 24.7 Å². The van der Waals surface area contributed by atoms with Gasteiger partial charge in [0, 0.05) is 41.7 Å². The van der Waals surface area contributed by atoms with Crippen molar-refractivity contribution in [1.29, 1.82) is 0 Å². The van der Waals surface area contributed by atoms with Gasteiger partial charge in [-0.25, -0.2) is 9.18 Å². The molecule has 2 aliphatic heterocycles. The highest BCUT2D eigenvalue weighted by atomic mass is 19.1. The standard InChI is InChI=1S/C43H49FN4O7/c1-26(2)54-37(50)25-31(28-11-7-6-8-12-28)41(52)47-21-10-14-35(47)40(51)45-30-18-16-29(17-19-30)39-38(44)32-23-27(15-20-33(32)46-39)24-36(49)34-13-9-22-48(34)42(53)55-43(3,4)5/h6-8,11-12,15-20,23,26,31,34-35,46H,9-10,13-14,21-22,24-25H2,1-5H3,(H,45,51)/t31-,34+,35+/m1/s1. The molecule has 2 aliphatic rings. The summed E-state index contributed by atoms with van der Waals surface area (Å²) in [6.45, 7) is 9.71. The van der Waals surface area contributed by atoms with Crippen LogP contribution >= 0.6 is 0 Å². The summed E-state index contributed by atoms with van der Waals surface area (Å²) in [5, 5.41) is 3.25. The van der Waals surface area contributed by atoms with Gasteiger partial charge in [-0.15, -0.1) is 0 Å². The largest absolute Gasteiger partial charge is 0.463 e. The number of rotatable bonds is 11. The number of nitrogens with one attached hydrogen (secondary N) is 2. The van der Waals surface area contributed by atoms with Crippen molar-refractivity contribution in [3.05, 3.63) is 89.7 Å². The Morgan fingerprint density at radius 3 is 2.24 bits per heavy atom. The van der Waals surface area contributed by atoms with E-state index in [1.807, 2.05) is 18.2 Å². The molecule has 2 saturated heterocycles. The molecule has 2 fully saturated rings. The van der Waals surface area contributed by atoms with Crippen LogP contribution in [0.15, 0.2) is 72.8 Å². The maximum absolute atomic E-state index is 15.9. The summed E-state index contributed by atoms with van der Waals surface area (Å²) in [6, 6.07) is 19.7. The van der Waals surface area contributed by atoms with E-state index in [4.69, 9.17) is 9.47 Å². The van der Waals surface area contributed by atoms with Crippen LogP contribution in [0.1, 0.15) is 83.8 Å². The number of ketones is 1. The van der Waals surface area contributed by atoms with Gasteiger partial charge >= 0.3 is 12.1 Å². The minimum absolute atomic E-state index is 0.0514. The first-order valence-corrected chi connectivity index (χ1v) is 19.0. The van der Waals surface area contributed by atoms with Crippen molar-refractivity contribution in [2.24, 2.45) is 0 Å². The number of fused-ring (bicyclic) bond motifs is 1. The van der Waals surface area contributed by atoms with Crippen LogP contribution < -0.4 is 5.32 Å². The van der Waals surface area contributed by atoms with E-state index in [2.05, 4.69) is 10.3 Å². The fourth-order valence-corrected chi connectivity index (χ4v) is 7.43. The van der Waals surface area contributed by atoms with E-state index >= 15 is 4.39 Å². The lowest BCUT2D eigenvalue weighted by atomic mass is 9.93. The van der Waals surface area contributed by atoms with Gasteiger partial charge in [0.2, 0.25) is 11.8 Å². The Kier molecular flexibility index (Phi) is 11.7. The molecule has 290 valence electrons. The third-order valence-electron chi connectivity index (χ3n) is 9.95. The normalized spacial score (nSPS) is 17.7. The van der Waals surface area contributed by atoms with Crippen molar-refractivity contribution < 1.29 is 37.8 Å². The highest BCUT2D eigenvalue weighted by Crippen LogP contribution is 2.32. The van der Waals surface area contributed by atoms with E-state index < -0.39 is 41.5 Å². The van der Waals surface area contributed by atoms with Crippen molar-refractivity contribution in [3.8, 4) is 11.3 Å². The van der Waals surface area contributed by atoms with E-state index in [-0.39, 0.29) is 42.2 Å². The number of halogens is 1. The SMILES string of the molecule is CC(C)OC(=O)C[C@@H](C(=O)N1CCC[C@H]1C(=O)Nc1ccc(-c2[nH]c3ccc(CC(=O)[C@@H]4CCCN4C(=O)OC(C)(C)C)cc3c2F)cc1)c1ccccc1. The molecule has 11 nitrogen and oxygen atoms in total. The molecular weight excluding hydrogens is 703 g/mol. The Morgan fingerprint density at radius 1 is 0.891 bits per heavy atom. The maximum Gasteiger partial charge on any atom is 0.410 e. The maximum atomic E-state index is 15.9. The van der Waals surface area contributed by atoms with Crippen molar-refractivity contribution in [2.45, 2.75) is 103 Å². The number of ether oxygens (including phenoxy) is 2. The van der Waals surface area contributed by atoms with Crippen LogP contribution in [0.25, 0.3) is 22.2 Å². The summed E-state index contributed by atoms with van der Waals surface area (Å²) in [7, 11) is 0. The Labute approximate surface area is 320 Å². The summed E-state index contributed by atoms with van der Waals surface area (Å²) in [5.74, 6) is -2.51. The third kappa shape index (κ3) is 9.24. The van der Waals surface area contributed by atoms with Gasteiger partial charge in [0.25, 0.3) is 0 Å². The van der Waals surface area contributed by atoms with Crippen LogP contribution in [0.2, 0.25) is 0 Å². The lowest BCUT2D eigenvalue weighted by Gasteiger charge is -2.28. The second kappa shape index (κ2) is 16.5. The zero-order chi connectivity index (χ0) is 39.4. The minimum atomic E-state index is -0.787. The molecule has 1 aromatic heterocycles.